The zero-order valence-corrected chi connectivity index (χ0v) is 6.37. The van der Waals surface area contributed by atoms with Crippen LogP contribution in [0.25, 0.3) is 0 Å². The third-order valence-electron chi connectivity index (χ3n) is 0.930. The van der Waals surface area contributed by atoms with Crippen molar-refractivity contribution in [1.29, 1.82) is 0 Å². The number of rotatable bonds is 4. The molecule has 0 fully saturated rings. The molecular formula is C4H6F3O3S-. The van der Waals surface area contributed by atoms with Gasteiger partial charge < -0.3 is 4.55 Å². The van der Waals surface area contributed by atoms with Crippen LogP contribution in [-0.4, -0.2) is 27.5 Å². The van der Waals surface area contributed by atoms with Gasteiger partial charge in [0.2, 0.25) is 0 Å². The van der Waals surface area contributed by atoms with E-state index in [1.54, 1.807) is 0 Å². The fourth-order valence-corrected chi connectivity index (χ4v) is 0.495. The van der Waals surface area contributed by atoms with Crippen molar-refractivity contribution in [2.75, 3.05) is 6.61 Å². The molecule has 3 nitrogen and oxygen atoms in total. The summed E-state index contributed by atoms with van der Waals surface area (Å²) in [5.74, 6) is -3.75. The van der Waals surface area contributed by atoms with E-state index in [0.29, 0.717) is 6.92 Å². The van der Waals surface area contributed by atoms with Gasteiger partial charge in [-0.05, 0) is 6.92 Å². The first-order chi connectivity index (χ1) is 4.86. The Morgan fingerprint density at radius 2 is 2.18 bits per heavy atom. The van der Waals surface area contributed by atoms with Crippen LogP contribution in [-0.2, 0) is 15.5 Å². The topological polar surface area (TPSA) is 49.4 Å². The van der Waals surface area contributed by atoms with Crippen molar-refractivity contribution in [1.82, 2.24) is 0 Å². The smallest absolute Gasteiger partial charge is 0.302 e. The first-order valence-electron chi connectivity index (χ1n) is 2.60. The van der Waals surface area contributed by atoms with Crippen LogP contribution in [0.1, 0.15) is 6.92 Å². The molecule has 0 radical (unpaired) electrons. The lowest BCUT2D eigenvalue weighted by atomic mass is 10.2. The van der Waals surface area contributed by atoms with Crippen molar-refractivity contribution in [3.63, 3.8) is 0 Å². The molecule has 0 aliphatic heterocycles. The molecule has 68 valence electrons. The highest BCUT2D eigenvalue weighted by molar-refractivity contribution is 7.74. The molecule has 0 aromatic heterocycles. The van der Waals surface area contributed by atoms with Crippen LogP contribution in [0.5, 0.6) is 0 Å². The van der Waals surface area contributed by atoms with E-state index in [1.807, 2.05) is 0 Å². The molecule has 0 amide bonds. The minimum Gasteiger partial charge on any atom is -0.750 e. The maximum Gasteiger partial charge on any atom is 0.302 e. The van der Waals surface area contributed by atoms with E-state index >= 15 is 0 Å². The maximum absolute atomic E-state index is 12.1. The van der Waals surface area contributed by atoms with Gasteiger partial charge in [0, 0.05) is 0 Å². The van der Waals surface area contributed by atoms with Crippen molar-refractivity contribution in [3.05, 3.63) is 0 Å². The van der Waals surface area contributed by atoms with Gasteiger partial charge in [-0.3, -0.25) is 4.18 Å². The van der Waals surface area contributed by atoms with E-state index < -0.39 is 30.1 Å². The van der Waals surface area contributed by atoms with Crippen molar-refractivity contribution >= 4 is 11.4 Å². The Kier molecular flexibility index (Phi) is 3.98. The van der Waals surface area contributed by atoms with Gasteiger partial charge in [0.05, 0.1) is 11.4 Å². The molecule has 0 aliphatic carbocycles. The molecule has 0 N–H and O–H groups in total. The molecule has 0 aliphatic rings. The third kappa shape index (κ3) is 4.33. The third-order valence-corrected chi connectivity index (χ3v) is 1.24. The van der Waals surface area contributed by atoms with Gasteiger partial charge in [-0.15, -0.1) is 0 Å². The van der Waals surface area contributed by atoms with Crippen molar-refractivity contribution < 1.29 is 26.1 Å². The average Bonchev–Trinajstić information content (AvgIpc) is 1.84. The molecule has 2 unspecified atom stereocenters. The molecule has 0 saturated heterocycles. The van der Waals surface area contributed by atoms with Crippen molar-refractivity contribution in [2.24, 2.45) is 0 Å². The van der Waals surface area contributed by atoms with Crippen LogP contribution < -0.4 is 0 Å². The monoisotopic (exact) mass is 191 g/mol. The van der Waals surface area contributed by atoms with E-state index in [1.165, 1.54) is 0 Å². The largest absolute Gasteiger partial charge is 0.750 e. The minimum absolute atomic E-state index is 0.622. The number of hydrogen-bond donors (Lipinski definition) is 0. The zero-order chi connectivity index (χ0) is 9.07. The second kappa shape index (κ2) is 4.03. The second-order valence-electron chi connectivity index (χ2n) is 1.84. The highest BCUT2D eigenvalue weighted by Gasteiger charge is 2.37. The number of alkyl halides is 3. The minimum atomic E-state index is -3.75. The molecule has 11 heavy (non-hydrogen) atoms. The van der Waals surface area contributed by atoms with Crippen LogP contribution in [0.3, 0.4) is 0 Å². The lowest BCUT2D eigenvalue weighted by Crippen LogP contribution is -2.33. The molecule has 0 spiro atoms. The van der Waals surface area contributed by atoms with Gasteiger partial charge in [-0.25, -0.2) is 17.4 Å². The quantitative estimate of drug-likeness (QED) is 0.617. The Labute approximate surface area is 64.0 Å². The molecule has 0 aromatic rings. The molecule has 7 heteroatoms. The molecule has 0 aromatic carbocycles. The first kappa shape index (κ1) is 10.9. The van der Waals surface area contributed by atoms with Gasteiger partial charge in [0.1, 0.15) is 6.61 Å². The first-order valence-corrected chi connectivity index (χ1v) is 3.60. The SMILES string of the molecule is CC(F)C(F)(F)COS(=O)[O-]. The summed E-state index contributed by atoms with van der Waals surface area (Å²) in [4.78, 5) is 0. The molecular weight excluding hydrogens is 185 g/mol. The lowest BCUT2D eigenvalue weighted by molar-refractivity contribution is -0.0932. The Hall–Kier alpha value is -0.140. The highest BCUT2D eigenvalue weighted by Crippen LogP contribution is 2.21. The van der Waals surface area contributed by atoms with E-state index in [0.717, 1.165) is 0 Å². The van der Waals surface area contributed by atoms with E-state index in [2.05, 4.69) is 4.18 Å². The zero-order valence-electron chi connectivity index (χ0n) is 5.55. The fraction of sp³-hybridized carbons (Fsp3) is 1.00. The fourth-order valence-electron chi connectivity index (χ4n) is 0.242. The predicted octanol–water partition coefficient (Wildman–Crippen LogP) is 0.790. The van der Waals surface area contributed by atoms with Crippen LogP contribution >= 0.6 is 0 Å². The molecule has 0 rings (SSSR count). The molecule has 0 saturated carbocycles. The maximum atomic E-state index is 12.1. The second-order valence-corrected chi connectivity index (χ2v) is 2.49. The van der Waals surface area contributed by atoms with Crippen LogP contribution in [0.15, 0.2) is 0 Å². The number of halogens is 3. The number of hydrogen-bond acceptors (Lipinski definition) is 3. The van der Waals surface area contributed by atoms with Gasteiger partial charge in [0.15, 0.2) is 6.17 Å². The molecule has 0 heterocycles. The van der Waals surface area contributed by atoms with E-state index in [9.17, 15) is 21.9 Å². The lowest BCUT2D eigenvalue weighted by Gasteiger charge is -2.17. The summed E-state index contributed by atoms with van der Waals surface area (Å²) in [6.07, 6.45) is -2.42. The summed E-state index contributed by atoms with van der Waals surface area (Å²) in [7, 11) is 0. The average molecular weight is 191 g/mol. The van der Waals surface area contributed by atoms with Gasteiger partial charge >= 0.3 is 5.92 Å². The summed E-state index contributed by atoms with van der Waals surface area (Å²) in [5.41, 5.74) is 0. The summed E-state index contributed by atoms with van der Waals surface area (Å²) >= 11 is -3.03. The normalized spacial score (nSPS) is 17.9. The van der Waals surface area contributed by atoms with Gasteiger partial charge in [-0.1, -0.05) is 0 Å². The van der Waals surface area contributed by atoms with E-state index in [-0.39, 0.29) is 0 Å². The summed E-state index contributed by atoms with van der Waals surface area (Å²) in [6, 6.07) is 0. The summed E-state index contributed by atoms with van der Waals surface area (Å²) < 4.78 is 58.8. The van der Waals surface area contributed by atoms with Crippen molar-refractivity contribution in [3.8, 4) is 0 Å². The summed E-state index contributed by atoms with van der Waals surface area (Å²) in [5, 5.41) is 0. The van der Waals surface area contributed by atoms with Gasteiger partial charge in [-0.2, -0.15) is 0 Å². The highest BCUT2D eigenvalue weighted by atomic mass is 32.2. The Morgan fingerprint density at radius 3 is 2.45 bits per heavy atom. The van der Waals surface area contributed by atoms with E-state index in [4.69, 9.17) is 0 Å². The Balaban J connectivity index is 3.82. The van der Waals surface area contributed by atoms with Gasteiger partial charge in [0.25, 0.3) is 0 Å². The Bertz CT molecular complexity index is 150. The molecule has 2 atom stereocenters. The van der Waals surface area contributed by atoms with Crippen molar-refractivity contribution in [2.45, 2.75) is 19.0 Å². The van der Waals surface area contributed by atoms with Crippen LogP contribution in [0.4, 0.5) is 13.2 Å². The summed E-state index contributed by atoms with van der Waals surface area (Å²) in [6.45, 7) is -0.835. The Morgan fingerprint density at radius 1 is 1.73 bits per heavy atom. The molecule has 0 bridgehead atoms. The van der Waals surface area contributed by atoms with Crippen LogP contribution in [0, 0.1) is 0 Å². The predicted molar refractivity (Wildman–Crippen MR) is 30.4 cm³/mol. The standard InChI is InChI=1S/C4H7F3O3S/c1-3(5)4(6,7)2-10-11(8)9/h3H,2H2,1H3,(H,8,9)/p-1. The van der Waals surface area contributed by atoms with Crippen LogP contribution in [0.2, 0.25) is 0 Å².